The van der Waals surface area contributed by atoms with Crippen molar-refractivity contribution in [3.63, 3.8) is 0 Å². The molecule has 2 aliphatic rings. The van der Waals surface area contributed by atoms with E-state index in [0.717, 1.165) is 22.3 Å². The zero-order valence-electron chi connectivity index (χ0n) is 19.9. The molecule has 4 rings (SSSR count). The van der Waals surface area contributed by atoms with E-state index in [-0.39, 0.29) is 24.3 Å². The van der Waals surface area contributed by atoms with Gasteiger partial charge in [-0.1, -0.05) is 69.3 Å². The Labute approximate surface area is 200 Å². The molecule has 0 aromatic heterocycles. The highest BCUT2D eigenvalue weighted by Gasteiger charge is 2.50. The zero-order chi connectivity index (χ0) is 24.5. The van der Waals surface area contributed by atoms with Gasteiger partial charge in [0.25, 0.3) is 0 Å². The van der Waals surface area contributed by atoms with Crippen molar-refractivity contribution < 1.29 is 24.2 Å². The Hall–Kier alpha value is -3.35. The number of likely N-dealkylation sites (tertiary alicyclic amines) is 1. The van der Waals surface area contributed by atoms with Gasteiger partial charge in [-0.25, -0.2) is 9.59 Å². The lowest BCUT2D eigenvalue weighted by Crippen LogP contribution is -2.59. The predicted octanol–water partition coefficient (Wildman–Crippen LogP) is 4.41. The van der Waals surface area contributed by atoms with E-state index in [1.807, 2.05) is 50.2 Å². The fourth-order valence-corrected chi connectivity index (χ4v) is 5.39. The van der Waals surface area contributed by atoms with Crippen molar-refractivity contribution >= 4 is 18.0 Å². The van der Waals surface area contributed by atoms with Crippen molar-refractivity contribution in [3.05, 3.63) is 59.7 Å². The molecule has 2 unspecified atom stereocenters. The topological polar surface area (TPSA) is 95.9 Å². The molecule has 2 aromatic carbocycles. The number of rotatable bonds is 7. The molecule has 1 heterocycles. The number of hydrogen-bond acceptors (Lipinski definition) is 4. The summed E-state index contributed by atoms with van der Waals surface area (Å²) in [4.78, 5) is 39.6. The Morgan fingerprint density at radius 3 is 2.21 bits per heavy atom. The lowest BCUT2D eigenvalue weighted by Gasteiger charge is -2.37. The van der Waals surface area contributed by atoms with E-state index < -0.39 is 23.6 Å². The zero-order valence-corrected chi connectivity index (χ0v) is 19.9. The number of fused-ring (bicyclic) bond motifs is 3. The van der Waals surface area contributed by atoms with Crippen LogP contribution in [-0.2, 0) is 14.3 Å². The first-order valence-electron chi connectivity index (χ1n) is 12.0. The van der Waals surface area contributed by atoms with Crippen LogP contribution in [0.3, 0.4) is 0 Å². The van der Waals surface area contributed by atoms with Crippen molar-refractivity contribution in [2.24, 2.45) is 5.92 Å². The first-order valence-corrected chi connectivity index (χ1v) is 12.0. The number of nitrogens with one attached hydrogen (secondary N) is 1. The summed E-state index contributed by atoms with van der Waals surface area (Å²) in [5.74, 6) is -1.67. The highest BCUT2D eigenvalue weighted by molar-refractivity contribution is 5.92. The maximum Gasteiger partial charge on any atom is 0.407 e. The molecule has 1 fully saturated rings. The molecular formula is C27H32N2O5. The van der Waals surface area contributed by atoms with Crippen LogP contribution in [0.15, 0.2) is 48.5 Å². The van der Waals surface area contributed by atoms with Gasteiger partial charge in [0.1, 0.15) is 18.2 Å². The molecule has 1 saturated heterocycles. The maximum atomic E-state index is 13.4. The second-order valence-corrected chi connectivity index (χ2v) is 9.48. The van der Waals surface area contributed by atoms with Crippen LogP contribution in [0.5, 0.6) is 0 Å². The van der Waals surface area contributed by atoms with E-state index >= 15 is 0 Å². The Balaban J connectivity index is 1.47. The molecule has 2 aromatic rings. The number of aliphatic carboxylic acids is 1. The van der Waals surface area contributed by atoms with Crippen LogP contribution in [0, 0.1) is 5.92 Å². The van der Waals surface area contributed by atoms with Crippen LogP contribution in [0.2, 0.25) is 0 Å². The molecule has 0 spiro atoms. The van der Waals surface area contributed by atoms with Crippen LogP contribution < -0.4 is 5.32 Å². The van der Waals surface area contributed by atoms with Crippen LogP contribution >= 0.6 is 0 Å². The number of ether oxygens (including phenoxy) is 1. The van der Waals surface area contributed by atoms with Gasteiger partial charge in [-0.3, -0.25) is 4.79 Å². The average molecular weight is 465 g/mol. The quantitative estimate of drug-likeness (QED) is 0.633. The van der Waals surface area contributed by atoms with Gasteiger partial charge >= 0.3 is 12.1 Å². The number of carboxylic acids is 1. The lowest BCUT2D eigenvalue weighted by atomic mass is 9.91. The number of amides is 2. The number of hydrogen-bond donors (Lipinski definition) is 2. The minimum atomic E-state index is -1.22. The highest BCUT2D eigenvalue weighted by Crippen LogP contribution is 2.44. The molecule has 0 saturated carbocycles. The Morgan fingerprint density at radius 1 is 1.09 bits per heavy atom. The van der Waals surface area contributed by atoms with Gasteiger partial charge in [0.2, 0.25) is 5.91 Å². The second kappa shape index (κ2) is 9.49. The lowest BCUT2D eigenvalue weighted by molar-refractivity contribution is -0.158. The van der Waals surface area contributed by atoms with Gasteiger partial charge in [0.15, 0.2) is 0 Å². The molecule has 34 heavy (non-hydrogen) atoms. The van der Waals surface area contributed by atoms with Crippen molar-refractivity contribution in [2.75, 3.05) is 13.2 Å². The first-order chi connectivity index (χ1) is 16.3. The normalized spacial score (nSPS) is 20.1. The van der Waals surface area contributed by atoms with Crippen molar-refractivity contribution in [3.8, 4) is 11.1 Å². The smallest absolute Gasteiger partial charge is 0.407 e. The summed E-state index contributed by atoms with van der Waals surface area (Å²) in [6.07, 6.45) is 0.691. The monoisotopic (exact) mass is 464 g/mol. The maximum absolute atomic E-state index is 13.4. The minimum absolute atomic E-state index is 0.0790. The van der Waals surface area contributed by atoms with Gasteiger partial charge < -0.3 is 20.1 Å². The largest absolute Gasteiger partial charge is 0.479 e. The first kappa shape index (κ1) is 23.8. The molecule has 180 valence electrons. The summed E-state index contributed by atoms with van der Waals surface area (Å²) in [6.45, 7) is 5.96. The van der Waals surface area contributed by atoms with Crippen molar-refractivity contribution in [1.29, 1.82) is 0 Å². The van der Waals surface area contributed by atoms with E-state index in [2.05, 4.69) is 17.4 Å². The fraction of sp³-hybridized carbons (Fsp3) is 0.444. The number of alkyl carbamates (subject to hydrolysis) is 1. The Morgan fingerprint density at radius 2 is 1.68 bits per heavy atom. The molecule has 7 heteroatoms. The van der Waals surface area contributed by atoms with E-state index in [4.69, 9.17) is 4.74 Å². The van der Waals surface area contributed by atoms with Crippen LogP contribution in [0.4, 0.5) is 4.79 Å². The van der Waals surface area contributed by atoms with Gasteiger partial charge in [-0.05, 0) is 47.4 Å². The summed E-state index contributed by atoms with van der Waals surface area (Å²) in [7, 11) is 0. The fourth-order valence-electron chi connectivity index (χ4n) is 5.39. The standard InChI is InChI=1S/C27H32N2O5/c1-4-27(25(31)32)14-9-15-29(27)24(30)23(17(2)3)28-26(33)34-16-22-20-12-7-5-10-18(20)19-11-6-8-13-21(19)22/h5-8,10-13,17,22-23H,4,9,14-16H2,1-3H3,(H,28,33)(H,31,32). The third kappa shape index (κ3) is 4.04. The summed E-state index contributed by atoms with van der Waals surface area (Å²) >= 11 is 0. The average Bonchev–Trinajstić information content (AvgIpc) is 3.41. The SMILES string of the molecule is CCC1(C(=O)O)CCCN1C(=O)C(NC(=O)OCC1c2ccccc2-c2ccccc21)C(C)C. The van der Waals surface area contributed by atoms with Crippen molar-refractivity contribution in [2.45, 2.75) is 57.5 Å². The summed E-state index contributed by atoms with van der Waals surface area (Å²) in [5, 5.41) is 12.6. The van der Waals surface area contributed by atoms with E-state index in [1.54, 1.807) is 6.92 Å². The van der Waals surface area contributed by atoms with Gasteiger partial charge in [0, 0.05) is 12.5 Å². The third-order valence-electron chi connectivity index (χ3n) is 7.29. The molecule has 0 radical (unpaired) electrons. The minimum Gasteiger partial charge on any atom is -0.479 e. The summed E-state index contributed by atoms with van der Waals surface area (Å²) in [6, 6.07) is 15.3. The van der Waals surface area contributed by atoms with Crippen LogP contribution in [0.25, 0.3) is 11.1 Å². The van der Waals surface area contributed by atoms with Crippen LogP contribution in [0.1, 0.15) is 57.1 Å². The molecule has 2 atom stereocenters. The van der Waals surface area contributed by atoms with E-state index in [9.17, 15) is 19.5 Å². The number of nitrogens with zero attached hydrogens (tertiary/aromatic N) is 1. The summed E-state index contributed by atoms with van der Waals surface area (Å²) in [5.41, 5.74) is 3.29. The molecular weight excluding hydrogens is 432 g/mol. The van der Waals surface area contributed by atoms with Crippen molar-refractivity contribution in [1.82, 2.24) is 10.2 Å². The van der Waals surface area contributed by atoms with Crippen LogP contribution in [-0.4, -0.2) is 52.7 Å². The third-order valence-corrected chi connectivity index (χ3v) is 7.29. The number of carbonyl (C=O) groups excluding carboxylic acids is 2. The second-order valence-electron chi connectivity index (χ2n) is 9.48. The number of carbonyl (C=O) groups is 3. The molecule has 1 aliphatic heterocycles. The summed E-state index contributed by atoms with van der Waals surface area (Å²) < 4.78 is 5.62. The Bertz CT molecular complexity index is 1050. The van der Waals surface area contributed by atoms with Gasteiger partial charge in [-0.2, -0.15) is 0 Å². The predicted molar refractivity (Wildman–Crippen MR) is 128 cm³/mol. The van der Waals surface area contributed by atoms with Gasteiger partial charge in [0.05, 0.1) is 0 Å². The molecule has 7 nitrogen and oxygen atoms in total. The van der Waals surface area contributed by atoms with E-state index in [0.29, 0.717) is 25.8 Å². The number of carboxylic acid groups (broad SMARTS) is 1. The van der Waals surface area contributed by atoms with E-state index in [1.165, 1.54) is 4.90 Å². The Kier molecular flexibility index (Phi) is 6.64. The van der Waals surface area contributed by atoms with Gasteiger partial charge in [-0.15, -0.1) is 0 Å². The molecule has 0 bridgehead atoms. The number of benzene rings is 2. The molecule has 2 N–H and O–H groups in total. The highest BCUT2D eigenvalue weighted by atomic mass is 16.5. The molecule has 2 amide bonds. The molecule has 1 aliphatic carbocycles.